The molecule has 0 saturated heterocycles. The van der Waals surface area contributed by atoms with E-state index in [2.05, 4.69) is 21.9 Å². The molecule has 4 aromatic rings. The van der Waals surface area contributed by atoms with Gasteiger partial charge in [0.25, 0.3) is 17.5 Å². The molecule has 0 bridgehead atoms. The van der Waals surface area contributed by atoms with E-state index in [1.54, 1.807) is 53.9 Å². The molecule has 1 aliphatic heterocycles. The van der Waals surface area contributed by atoms with Gasteiger partial charge in [0.1, 0.15) is 0 Å². The van der Waals surface area contributed by atoms with E-state index in [1.165, 1.54) is 27.3 Å². The summed E-state index contributed by atoms with van der Waals surface area (Å²) >= 11 is 1.73. The highest BCUT2D eigenvalue weighted by atomic mass is 32.1. The summed E-state index contributed by atoms with van der Waals surface area (Å²) in [6.07, 6.45) is 2.46. The Morgan fingerprint density at radius 2 is 1.91 bits per heavy atom. The molecule has 0 unspecified atom stereocenters. The first kappa shape index (κ1) is 22.5. The van der Waals surface area contributed by atoms with Crippen molar-refractivity contribution in [2.45, 2.75) is 19.9 Å². The van der Waals surface area contributed by atoms with Crippen LogP contribution < -0.4 is 5.32 Å². The fraction of sp³-hybridized carbons (Fsp3) is 0.160. The zero-order valence-electron chi connectivity index (χ0n) is 18.8. The van der Waals surface area contributed by atoms with Crippen molar-refractivity contribution in [3.8, 4) is 5.69 Å². The number of carbonyl (C=O) groups excluding carboxylic acids is 2. The SMILES string of the molecule is Cc1c(NC(=O)c2ccn(-c3ccc([N+](=O)[O-])cc3)n2)cccc1C(=O)N1CCc2sccc2C1. The maximum atomic E-state index is 13.2. The van der Waals surface area contributed by atoms with Crippen molar-refractivity contribution >= 4 is 34.5 Å². The second-order valence-corrected chi connectivity index (χ2v) is 9.20. The second kappa shape index (κ2) is 9.15. The quantitative estimate of drug-likeness (QED) is 0.327. The molecular weight excluding hydrogens is 466 g/mol. The van der Waals surface area contributed by atoms with Crippen LogP contribution in [0.1, 0.15) is 36.9 Å². The van der Waals surface area contributed by atoms with Crippen molar-refractivity contribution in [2.75, 3.05) is 11.9 Å². The number of carbonyl (C=O) groups is 2. The summed E-state index contributed by atoms with van der Waals surface area (Å²) in [5.74, 6) is -0.475. The van der Waals surface area contributed by atoms with Crippen LogP contribution in [0.4, 0.5) is 11.4 Å². The Labute approximate surface area is 204 Å². The molecule has 0 radical (unpaired) electrons. The van der Waals surface area contributed by atoms with Gasteiger partial charge in [0.15, 0.2) is 5.69 Å². The van der Waals surface area contributed by atoms with Crippen molar-refractivity contribution < 1.29 is 14.5 Å². The molecule has 3 heterocycles. The van der Waals surface area contributed by atoms with E-state index >= 15 is 0 Å². The minimum absolute atomic E-state index is 0.0240. The minimum atomic E-state index is -0.475. The number of nitro benzene ring substituents is 1. The fourth-order valence-electron chi connectivity index (χ4n) is 4.10. The molecule has 0 fully saturated rings. The van der Waals surface area contributed by atoms with Crippen LogP contribution in [0.5, 0.6) is 0 Å². The van der Waals surface area contributed by atoms with Crippen LogP contribution in [0.3, 0.4) is 0 Å². The maximum Gasteiger partial charge on any atom is 0.276 e. The van der Waals surface area contributed by atoms with E-state index in [9.17, 15) is 19.7 Å². The molecule has 35 heavy (non-hydrogen) atoms. The van der Waals surface area contributed by atoms with Gasteiger partial charge in [-0.15, -0.1) is 11.3 Å². The molecule has 176 valence electrons. The summed E-state index contributed by atoms with van der Waals surface area (Å²) in [5, 5.41) is 20.0. The summed E-state index contributed by atoms with van der Waals surface area (Å²) in [7, 11) is 0. The Bertz CT molecular complexity index is 1440. The molecule has 2 aromatic carbocycles. The summed E-state index contributed by atoms with van der Waals surface area (Å²) < 4.78 is 1.47. The number of amides is 2. The van der Waals surface area contributed by atoms with Crippen LogP contribution in [-0.2, 0) is 13.0 Å². The molecule has 0 aliphatic carbocycles. The highest BCUT2D eigenvalue weighted by molar-refractivity contribution is 7.10. The van der Waals surface area contributed by atoms with Crippen molar-refractivity contribution in [1.82, 2.24) is 14.7 Å². The zero-order valence-corrected chi connectivity index (χ0v) is 19.6. The lowest BCUT2D eigenvalue weighted by molar-refractivity contribution is -0.384. The minimum Gasteiger partial charge on any atom is -0.334 e. The average Bonchev–Trinajstić information content (AvgIpc) is 3.54. The van der Waals surface area contributed by atoms with Crippen molar-refractivity contribution in [3.63, 3.8) is 0 Å². The Morgan fingerprint density at radius 3 is 2.69 bits per heavy atom. The van der Waals surface area contributed by atoms with Gasteiger partial charge in [-0.3, -0.25) is 19.7 Å². The molecule has 0 saturated carbocycles. The number of hydrogen-bond acceptors (Lipinski definition) is 6. The van der Waals surface area contributed by atoms with Gasteiger partial charge in [0.05, 0.1) is 10.6 Å². The highest BCUT2D eigenvalue weighted by Crippen LogP contribution is 2.27. The van der Waals surface area contributed by atoms with Crippen LogP contribution in [-0.4, -0.2) is 38.0 Å². The van der Waals surface area contributed by atoms with E-state index in [4.69, 9.17) is 0 Å². The van der Waals surface area contributed by atoms with E-state index in [-0.39, 0.29) is 17.3 Å². The number of non-ortho nitro benzene ring substituents is 1. The normalized spacial score (nSPS) is 12.8. The summed E-state index contributed by atoms with van der Waals surface area (Å²) in [4.78, 5) is 39.7. The Balaban J connectivity index is 1.31. The van der Waals surface area contributed by atoms with Gasteiger partial charge in [0.2, 0.25) is 0 Å². The second-order valence-electron chi connectivity index (χ2n) is 8.20. The van der Waals surface area contributed by atoms with Crippen LogP contribution >= 0.6 is 11.3 Å². The van der Waals surface area contributed by atoms with Gasteiger partial charge in [-0.1, -0.05) is 6.07 Å². The molecular formula is C25H21N5O4S. The number of benzene rings is 2. The lowest BCUT2D eigenvalue weighted by Gasteiger charge is -2.28. The molecule has 2 aromatic heterocycles. The third-order valence-electron chi connectivity index (χ3n) is 6.05. The van der Waals surface area contributed by atoms with Gasteiger partial charge in [0, 0.05) is 47.5 Å². The zero-order chi connectivity index (χ0) is 24.5. The highest BCUT2D eigenvalue weighted by Gasteiger charge is 2.24. The molecule has 0 atom stereocenters. The Hall–Kier alpha value is -4.31. The van der Waals surface area contributed by atoms with Gasteiger partial charge in [-0.2, -0.15) is 5.10 Å². The van der Waals surface area contributed by atoms with E-state index < -0.39 is 10.8 Å². The van der Waals surface area contributed by atoms with Gasteiger partial charge < -0.3 is 10.2 Å². The third kappa shape index (κ3) is 4.43. The molecule has 1 aliphatic rings. The first-order valence-corrected chi connectivity index (χ1v) is 11.8. The number of nitrogens with zero attached hydrogens (tertiary/aromatic N) is 4. The number of thiophene rings is 1. The number of anilines is 1. The van der Waals surface area contributed by atoms with Gasteiger partial charge in [-0.25, -0.2) is 4.68 Å². The first-order chi connectivity index (χ1) is 16.9. The number of nitro groups is 1. The standard InChI is InChI=1S/C25H21N5O4S/c1-16-20(25(32)28-12-10-23-17(15-28)11-14-35-23)3-2-4-21(16)26-24(31)22-9-13-29(27-22)18-5-7-19(8-6-18)30(33)34/h2-9,11,13-14H,10,12,15H2,1H3,(H,26,31). The van der Waals surface area contributed by atoms with E-state index in [0.29, 0.717) is 35.6 Å². The largest absolute Gasteiger partial charge is 0.334 e. The van der Waals surface area contributed by atoms with Gasteiger partial charge in [-0.05, 0) is 66.2 Å². The van der Waals surface area contributed by atoms with Crippen molar-refractivity contribution in [1.29, 1.82) is 0 Å². The lowest BCUT2D eigenvalue weighted by Crippen LogP contribution is -2.35. The topological polar surface area (TPSA) is 110 Å². The smallest absolute Gasteiger partial charge is 0.276 e. The van der Waals surface area contributed by atoms with Crippen LogP contribution in [0.2, 0.25) is 0 Å². The Kier molecular flexibility index (Phi) is 5.87. The summed E-state index contributed by atoms with van der Waals surface area (Å²) in [6, 6.07) is 14.8. The molecule has 5 rings (SSSR count). The average molecular weight is 488 g/mol. The lowest BCUT2D eigenvalue weighted by atomic mass is 10.0. The van der Waals surface area contributed by atoms with E-state index in [0.717, 1.165) is 6.42 Å². The number of aromatic nitrogens is 2. The third-order valence-corrected chi connectivity index (χ3v) is 7.08. The molecule has 10 heteroatoms. The molecule has 0 spiro atoms. The Morgan fingerprint density at radius 1 is 1.11 bits per heavy atom. The molecule has 2 amide bonds. The number of nitrogens with one attached hydrogen (secondary N) is 1. The number of rotatable bonds is 5. The molecule has 9 nitrogen and oxygen atoms in total. The number of hydrogen-bond donors (Lipinski definition) is 1. The predicted octanol–water partition coefficient (Wildman–Crippen LogP) is 4.60. The number of fused-ring (bicyclic) bond motifs is 1. The maximum absolute atomic E-state index is 13.2. The summed E-state index contributed by atoms with van der Waals surface area (Å²) in [6.45, 7) is 3.08. The summed E-state index contributed by atoms with van der Waals surface area (Å²) in [5.41, 5.74) is 3.73. The van der Waals surface area contributed by atoms with E-state index in [1.807, 2.05) is 11.8 Å². The van der Waals surface area contributed by atoms with Crippen molar-refractivity contribution in [3.05, 3.63) is 104 Å². The molecule has 1 N–H and O–H groups in total. The van der Waals surface area contributed by atoms with Gasteiger partial charge >= 0.3 is 0 Å². The monoisotopic (exact) mass is 487 g/mol. The van der Waals surface area contributed by atoms with Crippen LogP contribution in [0, 0.1) is 17.0 Å². The fourth-order valence-corrected chi connectivity index (χ4v) is 4.99. The van der Waals surface area contributed by atoms with Crippen molar-refractivity contribution in [2.24, 2.45) is 0 Å². The van der Waals surface area contributed by atoms with Crippen LogP contribution in [0.25, 0.3) is 5.69 Å². The van der Waals surface area contributed by atoms with Crippen LogP contribution in [0.15, 0.2) is 66.2 Å². The first-order valence-electron chi connectivity index (χ1n) is 11.0. The predicted molar refractivity (Wildman–Crippen MR) is 132 cm³/mol.